The topological polar surface area (TPSA) is 25.8 Å². The molecule has 0 saturated carbocycles. The molecule has 0 fully saturated rings. The van der Waals surface area contributed by atoms with Crippen LogP contribution in [0.2, 0.25) is 5.15 Å². The van der Waals surface area contributed by atoms with Gasteiger partial charge >= 0.3 is 0 Å². The highest BCUT2D eigenvalue weighted by Crippen LogP contribution is 2.37. The van der Waals surface area contributed by atoms with Crippen LogP contribution in [0.1, 0.15) is 25.3 Å². The number of rotatable bonds is 2. The van der Waals surface area contributed by atoms with Gasteiger partial charge in [-0.05, 0) is 22.8 Å². The molecular formula is C15H13ClN2S. The maximum Gasteiger partial charge on any atom is 0.136 e. The van der Waals surface area contributed by atoms with Gasteiger partial charge in [-0.2, -0.15) is 0 Å². The van der Waals surface area contributed by atoms with Crippen molar-refractivity contribution < 1.29 is 0 Å². The summed E-state index contributed by atoms with van der Waals surface area (Å²) >= 11 is 7.98. The second-order valence-corrected chi connectivity index (χ2v) is 6.00. The highest BCUT2D eigenvalue weighted by atomic mass is 35.5. The summed E-state index contributed by atoms with van der Waals surface area (Å²) in [6.45, 7) is 4.23. The number of nitrogens with zero attached hydrogens (tertiary/aromatic N) is 2. The second-order valence-electron chi connectivity index (χ2n) is 4.73. The van der Waals surface area contributed by atoms with Gasteiger partial charge in [-0.3, -0.25) is 0 Å². The number of hydrogen-bond donors (Lipinski definition) is 0. The summed E-state index contributed by atoms with van der Waals surface area (Å²) < 4.78 is 1.25. The quantitative estimate of drug-likeness (QED) is 0.611. The summed E-state index contributed by atoms with van der Waals surface area (Å²) in [6, 6.07) is 8.41. The van der Waals surface area contributed by atoms with E-state index in [9.17, 15) is 0 Å². The average Bonchev–Trinajstić information content (AvgIpc) is 2.85. The number of thiophene rings is 1. The third-order valence-corrected chi connectivity index (χ3v) is 4.41. The summed E-state index contributed by atoms with van der Waals surface area (Å²) in [5.74, 6) is 0.291. The minimum Gasteiger partial charge on any atom is -0.236 e. The molecule has 0 amide bonds. The molecule has 0 unspecified atom stereocenters. The van der Waals surface area contributed by atoms with Crippen molar-refractivity contribution in [1.82, 2.24) is 9.97 Å². The first kappa shape index (κ1) is 12.6. The smallest absolute Gasteiger partial charge is 0.136 e. The van der Waals surface area contributed by atoms with Gasteiger partial charge in [0.1, 0.15) is 11.5 Å². The Morgan fingerprint density at radius 2 is 2.00 bits per heavy atom. The summed E-state index contributed by atoms with van der Waals surface area (Å²) in [6.07, 6.45) is 1.54. The van der Waals surface area contributed by atoms with Crippen LogP contribution in [0.15, 0.2) is 36.0 Å². The van der Waals surface area contributed by atoms with E-state index in [4.69, 9.17) is 11.6 Å². The number of aromatic nitrogens is 2. The van der Waals surface area contributed by atoms with Crippen LogP contribution >= 0.6 is 22.9 Å². The minimum absolute atomic E-state index is 0.291. The molecule has 0 radical (unpaired) electrons. The molecule has 1 aromatic carbocycles. The Morgan fingerprint density at radius 3 is 2.79 bits per heavy atom. The summed E-state index contributed by atoms with van der Waals surface area (Å²) in [5.41, 5.74) is 3.11. The van der Waals surface area contributed by atoms with Gasteiger partial charge in [-0.1, -0.05) is 43.6 Å². The lowest BCUT2D eigenvalue weighted by atomic mass is 9.98. The maximum atomic E-state index is 6.25. The van der Waals surface area contributed by atoms with Crippen molar-refractivity contribution in [3.05, 3.63) is 46.7 Å². The van der Waals surface area contributed by atoms with E-state index in [0.29, 0.717) is 11.1 Å². The van der Waals surface area contributed by atoms with Gasteiger partial charge in [-0.15, -0.1) is 11.3 Å². The van der Waals surface area contributed by atoms with E-state index >= 15 is 0 Å². The Balaban J connectivity index is 2.33. The van der Waals surface area contributed by atoms with E-state index in [2.05, 4.69) is 53.5 Å². The molecule has 0 atom stereocenters. The number of hydrogen-bond acceptors (Lipinski definition) is 3. The zero-order valence-electron chi connectivity index (χ0n) is 10.7. The molecule has 96 valence electrons. The predicted octanol–water partition coefficient (Wildman–Crippen LogP) is 5.14. The Labute approximate surface area is 121 Å². The molecule has 2 aromatic heterocycles. The van der Waals surface area contributed by atoms with Crippen LogP contribution < -0.4 is 0 Å². The highest BCUT2D eigenvalue weighted by molar-refractivity contribution is 7.17. The van der Waals surface area contributed by atoms with Crippen molar-refractivity contribution in [3.8, 4) is 11.3 Å². The zero-order chi connectivity index (χ0) is 13.4. The van der Waals surface area contributed by atoms with Crippen molar-refractivity contribution in [1.29, 1.82) is 0 Å². The van der Waals surface area contributed by atoms with Crippen molar-refractivity contribution in [2.45, 2.75) is 19.8 Å². The first-order chi connectivity index (χ1) is 9.18. The lowest BCUT2D eigenvalue weighted by molar-refractivity contribution is 0.850. The van der Waals surface area contributed by atoms with Crippen LogP contribution in [-0.4, -0.2) is 9.97 Å². The van der Waals surface area contributed by atoms with Gasteiger partial charge in [0.2, 0.25) is 0 Å². The van der Waals surface area contributed by atoms with Crippen molar-refractivity contribution >= 4 is 33.0 Å². The summed E-state index contributed by atoms with van der Waals surface area (Å²) in [7, 11) is 0. The molecule has 3 rings (SSSR count). The SMILES string of the molecule is CC(C)c1c(Cl)ncnc1-c1cccc2ccsc12. The fourth-order valence-electron chi connectivity index (χ4n) is 2.28. The normalized spacial score (nSPS) is 11.4. The lowest BCUT2D eigenvalue weighted by Gasteiger charge is -2.13. The van der Waals surface area contributed by atoms with Crippen LogP contribution in [0.3, 0.4) is 0 Å². The Bertz CT molecular complexity index is 734. The summed E-state index contributed by atoms with van der Waals surface area (Å²) in [4.78, 5) is 8.58. The van der Waals surface area contributed by atoms with Gasteiger partial charge in [0.05, 0.1) is 5.69 Å². The van der Waals surface area contributed by atoms with Gasteiger partial charge in [0.15, 0.2) is 0 Å². The van der Waals surface area contributed by atoms with E-state index in [1.165, 1.54) is 16.4 Å². The third-order valence-electron chi connectivity index (χ3n) is 3.15. The van der Waals surface area contributed by atoms with Crippen molar-refractivity contribution in [2.24, 2.45) is 0 Å². The molecular weight excluding hydrogens is 276 g/mol. The molecule has 0 aliphatic heterocycles. The van der Waals surface area contributed by atoms with Crippen LogP contribution in [-0.2, 0) is 0 Å². The fourth-order valence-corrected chi connectivity index (χ4v) is 3.55. The molecule has 0 aliphatic carbocycles. The highest BCUT2D eigenvalue weighted by Gasteiger charge is 2.17. The lowest BCUT2D eigenvalue weighted by Crippen LogP contribution is -1.99. The summed E-state index contributed by atoms with van der Waals surface area (Å²) in [5, 5.41) is 3.90. The number of benzene rings is 1. The Hall–Kier alpha value is -1.45. The number of fused-ring (bicyclic) bond motifs is 1. The van der Waals surface area contributed by atoms with Gasteiger partial charge in [-0.25, -0.2) is 9.97 Å². The zero-order valence-corrected chi connectivity index (χ0v) is 12.3. The van der Waals surface area contributed by atoms with Crippen molar-refractivity contribution in [3.63, 3.8) is 0 Å². The molecule has 0 bridgehead atoms. The monoisotopic (exact) mass is 288 g/mol. The van der Waals surface area contributed by atoms with Gasteiger partial charge < -0.3 is 0 Å². The Kier molecular flexibility index (Phi) is 3.25. The molecule has 2 heterocycles. The van der Waals surface area contributed by atoms with E-state index in [-0.39, 0.29) is 0 Å². The second kappa shape index (κ2) is 4.91. The molecule has 19 heavy (non-hydrogen) atoms. The maximum absolute atomic E-state index is 6.25. The average molecular weight is 289 g/mol. The third kappa shape index (κ3) is 2.13. The first-order valence-corrected chi connectivity index (χ1v) is 7.41. The molecule has 2 nitrogen and oxygen atoms in total. The van der Waals surface area contributed by atoms with Crippen LogP contribution in [0.5, 0.6) is 0 Å². The number of halogens is 1. The molecule has 3 aromatic rings. The van der Waals surface area contributed by atoms with Crippen LogP contribution in [0.4, 0.5) is 0 Å². The fraction of sp³-hybridized carbons (Fsp3) is 0.200. The molecule has 4 heteroatoms. The van der Waals surface area contributed by atoms with Crippen LogP contribution in [0, 0.1) is 0 Å². The van der Waals surface area contributed by atoms with Crippen LogP contribution in [0.25, 0.3) is 21.3 Å². The van der Waals surface area contributed by atoms with Gasteiger partial charge in [0, 0.05) is 15.8 Å². The standard InChI is InChI=1S/C15H13ClN2S/c1-9(2)12-13(17-8-18-15(12)16)11-5-3-4-10-6-7-19-14(10)11/h3-9H,1-2H3. The van der Waals surface area contributed by atoms with E-state index in [1.54, 1.807) is 11.3 Å². The van der Waals surface area contributed by atoms with E-state index in [1.807, 2.05) is 0 Å². The largest absolute Gasteiger partial charge is 0.236 e. The molecule has 0 aliphatic rings. The molecule has 0 N–H and O–H groups in total. The first-order valence-electron chi connectivity index (χ1n) is 6.15. The predicted molar refractivity (Wildman–Crippen MR) is 82.0 cm³/mol. The minimum atomic E-state index is 0.291. The van der Waals surface area contributed by atoms with Crippen molar-refractivity contribution in [2.75, 3.05) is 0 Å². The molecule has 0 spiro atoms. The van der Waals surface area contributed by atoms with E-state index < -0.39 is 0 Å². The Morgan fingerprint density at radius 1 is 1.16 bits per heavy atom. The van der Waals surface area contributed by atoms with E-state index in [0.717, 1.165) is 16.8 Å². The molecule has 0 saturated heterocycles. The van der Waals surface area contributed by atoms with Gasteiger partial charge in [0.25, 0.3) is 0 Å².